The van der Waals surface area contributed by atoms with Gasteiger partial charge in [0.25, 0.3) is 0 Å². The van der Waals surface area contributed by atoms with Gasteiger partial charge in [-0.2, -0.15) is 0 Å². The first-order valence-electron chi connectivity index (χ1n) is 11.1. The van der Waals surface area contributed by atoms with Crippen molar-refractivity contribution in [3.05, 3.63) is 12.2 Å². The molecule has 0 unspecified atom stereocenters. The summed E-state index contributed by atoms with van der Waals surface area (Å²) >= 11 is 0. The zero-order valence-corrected chi connectivity index (χ0v) is 17.5. The van der Waals surface area contributed by atoms with E-state index in [1.54, 1.807) is 0 Å². The number of aliphatic hydroxyl groups is 2. The molecule has 4 aliphatic carbocycles. The summed E-state index contributed by atoms with van der Waals surface area (Å²) in [7, 11) is 0. The van der Waals surface area contributed by atoms with Crippen molar-refractivity contribution in [1.29, 1.82) is 0 Å². The number of fused-ring (bicyclic) bond motifs is 2. The lowest BCUT2D eigenvalue weighted by Crippen LogP contribution is -2.80. The first-order chi connectivity index (χ1) is 13.0. The summed E-state index contributed by atoms with van der Waals surface area (Å²) in [6.07, 6.45) is 3.43. The molecule has 7 fully saturated rings. The fraction of sp³-hybridized carbons (Fsp3) is 0.913. The summed E-state index contributed by atoms with van der Waals surface area (Å²) in [6.45, 7) is 13.5. The van der Waals surface area contributed by atoms with Gasteiger partial charge in [0.05, 0.1) is 30.3 Å². The summed E-state index contributed by atoms with van der Waals surface area (Å²) in [6, 6.07) is 0. The average Bonchev–Trinajstić information content (AvgIpc) is 2.73. The maximum atomic E-state index is 12.0. The fourth-order valence-corrected chi connectivity index (χ4v) is 8.91. The van der Waals surface area contributed by atoms with E-state index in [0.29, 0.717) is 13.0 Å². The SMILES string of the molecule is C=C1[C@@H]2C[C@@H]3OC(C)(C)O[C@H]4CCC(C)(C)[C@H]5C[C@@]6(O)OC[C@@]45[C@H]3[C@@]6(C2)[C@@H]1O. The average molecular weight is 391 g/mol. The Balaban J connectivity index is 1.64. The van der Waals surface area contributed by atoms with E-state index in [1.807, 2.05) is 13.8 Å². The lowest BCUT2D eigenvalue weighted by Gasteiger charge is -2.74. The third kappa shape index (κ3) is 1.76. The lowest BCUT2D eigenvalue weighted by molar-refractivity contribution is -0.437. The van der Waals surface area contributed by atoms with Gasteiger partial charge in [-0.3, -0.25) is 0 Å². The van der Waals surface area contributed by atoms with Gasteiger partial charge in [0.1, 0.15) is 0 Å². The van der Waals surface area contributed by atoms with Gasteiger partial charge in [0, 0.05) is 17.8 Å². The Morgan fingerprint density at radius 2 is 1.86 bits per heavy atom. The molecule has 5 heteroatoms. The minimum Gasteiger partial charge on any atom is -0.388 e. The molecular formula is C23H34O5. The molecule has 7 rings (SSSR count). The van der Waals surface area contributed by atoms with Gasteiger partial charge in [0.2, 0.25) is 0 Å². The van der Waals surface area contributed by atoms with Gasteiger partial charge < -0.3 is 24.4 Å². The predicted octanol–water partition coefficient (Wildman–Crippen LogP) is 2.99. The van der Waals surface area contributed by atoms with Crippen molar-refractivity contribution in [1.82, 2.24) is 0 Å². The van der Waals surface area contributed by atoms with Crippen molar-refractivity contribution in [2.45, 2.75) is 89.7 Å². The van der Waals surface area contributed by atoms with Crippen LogP contribution in [0.15, 0.2) is 12.2 Å². The van der Waals surface area contributed by atoms with Crippen LogP contribution in [0.2, 0.25) is 0 Å². The molecule has 0 aromatic carbocycles. The molecule has 28 heavy (non-hydrogen) atoms. The Bertz CT molecular complexity index is 760. The van der Waals surface area contributed by atoms with E-state index in [4.69, 9.17) is 14.2 Å². The van der Waals surface area contributed by atoms with Gasteiger partial charge >= 0.3 is 0 Å². The van der Waals surface area contributed by atoms with Crippen molar-refractivity contribution >= 4 is 0 Å². The molecule has 3 heterocycles. The smallest absolute Gasteiger partial charge is 0.174 e. The second-order valence-corrected chi connectivity index (χ2v) is 11.8. The van der Waals surface area contributed by atoms with Gasteiger partial charge in [-0.1, -0.05) is 20.4 Å². The number of hydrogen-bond acceptors (Lipinski definition) is 5. The molecule has 3 aliphatic heterocycles. The van der Waals surface area contributed by atoms with E-state index in [9.17, 15) is 10.2 Å². The first kappa shape index (κ1) is 18.3. The monoisotopic (exact) mass is 390 g/mol. The van der Waals surface area contributed by atoms with Crippen molar-refractivity contribution < 1.29 is 24.4 Å². The fourth-order valence-electron chi connectivity index (χ4n) is 8.91. The molecule has 2 N–H and O–H groups in total. The van der Waals surface area contributed by atoms with E-state index >= 15 is 0 Å². The summed E-state index contributed by atoms with van der Waals surface area (Å²) in [5.41, 5.74) is -0.0155. The summed E-state index contributed by atoms with van der Waals surface area (Å²) in [5, 5.41) is 23.4. The highest BCUT2D eigenvalue weighted by molar-refractivity contribution is 5.35. The van der Waals surface area contributed by atoms with Gasteiger partial charge in [0.15, 0.2) is 11.6 Å². The number of rotatable bonds is 0. The Hall–Kier alpha value is -0.460. The highest BCUT2D eigenvalue weighted by atomic mass is 16.7. The van der Waals surface area contributed by atoms with Crippen molar-refractivity contribution in [2.24, 2.45) is 34.0 Å². The molecule has 0 aromatic heterocycles. The molecular weight excluding hydrogens is 356 g/mol. The molecule has 7 aliphatic rings. The Kier molecular flexibility index (Phi) is 3.20. The molecule has 2 spiro atoms. The second-order valence-electron chi connectivity index (χ2n) is 11.8. The largest absolute Gasteiger partial charge is 0.388 e. The summed E-state index contributed by atoms with van der Waals surface area (Å²) < 4.78 is 19.6. The van der Waals surface area contributed by atoms with Crippen LogP contribution < -0.4 is 0 Å². The van der Waals surface area contributed by atoms with Crippen LogP contribution in [-0.2, 0) is 14.2 Å². The highest BCUT2D eigenvalue weighted by Gasteiger charge is 2.83. The van der Waals surface area contributed by atoms with Crippen LogP contribution in [0.5, 0.6) is 0 Å². The molecule has 4 bridgehead atoms. The van der Waals surface area contributed by atoms with Crippen LogP contribution in [0.4, 0.5) is 0 Å². The van der Waals surface area contributed by atoms with Crippen molar-refractivity contribution in [3.8, 4) is 0 Å². The maximum Gasteiger partial charge on any atom is 0.174 e. The van der Waals surface area contributed by atoms with E-state index in [-0.39, 0.29) is 40.8 Å². The lowest BCUT2D eigenvalue weighted by atomic mass is 9.36. The van der Waals surface area contributed by atoms with Crippen LogP contribution in [-0.4, -0.2) is 46.7 Å². The third-order valence-corrected chi connectivity index (χ3v) is 9.84. The van der Waals surface area contributed by atoms with Gasteiger partial charge in [-0.25, -0.2) is 0 Å². The molecule has 0 aromatic rings. The topological polar surface area (TPSA) is 68.2 Å². The van der Waals surface area contributed by atoms with Crippen LogP contribution in [0.3, 0.4) is 0 Å². The normalized spacial score (nSPS) is 60.3. The van der Waals surface area contributed by atoms with E-state index in [0.717, 1.165) is 31.3 Å². The number of hydrogen-bond donors (Lipinski definition) is 2. The molecule has 156 valence electrons. The maximum absolute atomic E-state index is 12.0. The zero-order chi connectivity index (χ0) is 19.9. The van der Waals surface area contributed by atoms with Crippen LogP contribution in [0.25, 0.3) is 0 Å². The minimum absolute atomic E-state index is 0.0225. The molecule has 0 amide bonds. The van der Waals surface area contributed by atoms with Crippen LogP contribution >= 0.6 is 0 Å². The molecule has 4 saturated carbocycles. The first-order valence-corrected chi connectivity index (χ1v) is 11.1. The summed E-state index contributed by atoms with van der Waals surface area (Å²) in [5.74, 6) is -1.53. The Morgan fingerprint density at radius 3 is 2.61 bits per heavy atom. The zero-order valence-electron chi connectivity index (χ0n) is 17.5. The molecule has 0 radical (unpaired) electrons. The second kappa shape index (κ2) is 4.88. The van der Waals surface area contributed by atoms with E-state index in [1.165, 1.54) is 0 Å². The number of ether oxygens (including phenoxy) is 3. The summed E-state index contributed by atoms with van der Waals surface area (Å²) in [4.78, 5) is 0. The van der Waals surface area contributed by atoms with E-state index in [2.05, 4.69) is 20.4 Å². The van der Waals surface area contributed by atoms with Crippen molar-refractivity contribution in [2.75, 3.05) is 6.61 Å². The molecule has 9 atom stereocenters. The minimum atomic E-state index is -1.32. The third-order valence-electron chi connectivity index (χ3n) is 9.84. The number of aliphatic hydroxyl groups excluding tert-OH is 1. The molecule has 3 saturated heterocycles. The highest BCUT2D eigenvalue weighted by Crippen LogP contribution is 2.78. The van der Waals surface area contributed by atoms with Crippen LogP contribution in [0, 0.1) is 34.0 Å². The Morgan fingerprint density at radius 1 is 1.11 bits per heavy atom. The van der Waals surface area contributed by atoms with Gasteiger partial charge in [-0.15, -0.1) is 0 Å². The quantitative estimate of drug-likeness (QED) is 0.623. The van der Waals surface area contributed by atoms with Crippen LogP contribution in [0.1, 0.15) is 59.8 Å². The standard InChI is InChI=1S/C23H34O5/c1-12-13-8-14-17-21-11-26-23(25,22(17,9-13)18(12)24)10-15(21)19(2,3)7-6-16(21)28-20(4,5)27-14/h13-18,24-25H,1,6-11H2,2-5H3/t13-,14+,15-,16+,17+,18-,21+,22+,23-/m1/s1. The van der Waals surface area contributed by atoms with E-state index < -0.39 is 23.1 Å². The van der Waals surface area contributed by atoms with Gasteiger partial charge in [-0.05, 0) is 62.4 Å². The predicted molar refractivity (Wildman–Crippen MR) is 102 cm³/mol. The van der Waals surface area contributed by atoms with Crippen molar-refractivity contribution in [3.63, 3.8) is 0 Å². The Labute approximate surface area is 167 Å². The molecule has 5 nitrogen and oxygen atoms in total.